The van der Waals surface area contributed by atoms with Crippen molar-refractivity contribution >= 4 is 0 Å². The molecule has 2 nitrogen and oxygen atoms in total. The van der Waals surface area contributed by atoms with E-state index in [9.17, 15) is 0 Å². The highest BCUT2D eigenvalue weighted by atomic mass is 15.3. The number of nitrogens with one attached hydrogen (secondary N) is 1. The van der Waals surface area contributed by atoms with E-state index in [0.717, 1.165) is 17.9 Å². The zero-order valence-corrected chi connectivity index (χ0v) is 14.8. The van der Waals surface area contributed by atoms with Gasteiger partial charge in [0.15, 0.2) is 0 Å². The van der Waals surface area contributed by atoms with Gasteiger partial charge in [-0.15, -0.1) is 0 Å². The minimum Gasteiger partial charge on any atom is -0.308 e. The molecule has 1 heterocycles. The highest BCUT2D eigenvalue weighted by Gasteiger charge is 2.38. The highest BCUT2D eigenvalue weighted by Crippen LogP contribution is 2.28. The van der Waals surface area contributed by atoms with Crippen molar-refractivity contribution in [1.29, 1.82) is 0 Å². The zero-order valence-electron chi connectivity index (χ0n) is 14.8. The third kappa shape index (κ3) is 4.46. The lowest BCUT2D eigenvalue weighted by Gasteiger charge is -2.50. The van der Waals surface area contributed by atoms with Crippen LogP contribution in [-0.4, -0.2) is 36.1 Å². The first-order valence-corrected chi connectivity index (χ1v) is 9.00. The summed E-state index contributed by atoms with van der Waals surface area (Å²) < 4.78 is 0. The molecule has 0 aromatic rings. The molecule has 0 aromatic carbocycles. The van der Waals surface area contributed by atoms with E-state index in [1.165, 1.54) is 51.7 Å². The minimum absolute atomic E-state index is 0.357. The summed E-state index contributed by atoms with van der Waals surface area (Å²) in [5.74, 6) is 1.62. The summed E-state index contributed by atoms with van der Waals surface area (Å²) in [6, 6.07) is 0.727. The number of rotatable bonds is 8. The van der Waals surface area contributed by atoms with Gasteiger partial charge in [0.2, 0.25) is 0 Å². The molecule has 2 heteroatoms. The second-order valence-corrected chi connectivity index (χ2v) is 7.14. The van der Waals surface area contributed by atoms with E-state index in [1.54, 1.807) is 0 Å². The van der Waals surface area contributed by atoms with Gasteiger partial charge in [-0.25, -0.2) is 0 Å². The third-order valence-electron chi connectivity index (χ3n) is 5.64. The van der Waals surface area contributed by atoms with Crippen LogP contribution in [0.4, 0.5) is 0 Å². The van der Waals surface area contributed by atoms with E-state index in [0.29, 0.717) is 5.54 Å². The molecule has 0 bridgehead atoms. The lowest BCUT2D eigenvalue weighted by Crippen LogP contribution is -2.65. The zero-order chi connectivity index (χ0) is 15.2. The van der Waals surface area contributed by atoms with Crippen LogP contribution in [0.2, 0.25) is 0 Å². The van der Waals surface area contributed by atoms with Crippen LogP contribution in [0, 0.1) is 11.8 Å². The number of nitrogens with zero attached hydrogens (tertiary/aromatic N) is 1. The Morgan fingerprint density at radius 3 is 2.30 bits per heavy atom. The maximum Gasteiger partial charge on any atom is 0.0304 e. The van der Waals surface area contributed by atoms with Crippen molar-refractivity contribution in [3.63, 3.8) is 0 Å². The van der Waals surface area contributed by atoms with Gasteiger partial charge in [0.1, 0.15) is 0 Å². The van der Waals surface area contributed by atoms with Crippen molar-refractivity contribution in [2.45, 2.75) is 85.2 Å². The standard InChI is InChI=1S/C18H38N2/c1-7-11-15(5)13-20-14-18(9-3,10-4)19-12-17(20)16(6)8-2/h15-17,19H,7-14H2,1-6H3. The summed E-state index contributed by atoms with van der Waals surface area (Å²) in [7, 11) is 0. The molecule has 1 fully saturated rings. The molecule has 3 atom stereocenters. The lowest BCUT2D eigenvalue weighted by atomic mass is 9.84. The lowest BCUT2D eigenvalue weighted by molar-refractivity contribution is 0.0346. The quantitative estimate of drug-likeness (QED) is 0.714. The van der Waals surface area contributed by atoms with Gasteiger partial charge in [-0.2, -0.15) is 0 Å². The van der Waals surface area contributed by atoms with Gasteiger partial charge in [-0.05, 0) is 31.1 Å². The molecule has 1 aliphatic rings. The van der Waals surface area contributed by atoms with E-state index in [1.807, 2.05) is 0 Å². The average Bonchev–Trinajstić information content (AvgIpc) is 2.46. The predicted octanol–water partition coefficient (Wildman–Crippen LogP) is 4.30. The van der Waals surface area contributed by atoms with Crippen molar-refractivity contribution in [2.24, 2.45) is 11.8 Å². The fourth-order valence-corrected chi connectivity index (χ4v) is 3.75. The summed E-state index contributed by atoms with van der Waals surface area (Å²) in [4.78, 5) is 2.82. The van der Waals surface area contributed by atoms with Crippen LogP contribution in [0.15, 0.2) is 0 Å². The molecule has 0 saturated carbocycles. The van der Waals surface area contributed by atoms with E-state index in [4.69, 9.17) is 0 Å². The van der Waals surface area contributed by atoms with Gasteiger partial charge in [-0.1, -0.05) is 54.4 Å². The molecule has 0 spiro atoms. The first kappa shape index (κ1) is 18.0. The van der Waals surface area contributed by atoms with Crippen molar-refractivity contribution < 1.29 is 0 Å². The van der Waals surface area contributed by atoms with Gasteiger partial charge < -0.3 is 5.32 Å². The van der Waals surface area contributed by atoms with Crippen molar-refractivity contribution in [1.82, 2.24) is 10.2 Å². The molecule has 1 aliphatic heterocycles. The number of hydrogen-bond acceptors (Lipinski definition) is 2. The Morgan fingerprint density at radius 2 is 1.80 bits per heavy atom. The average molecular weight is 283 g/mol. The SMILES string of the molecule is CCCC(C)CN1CC(CC)(CC)NCC1C(C)CC. The normalized spacial score (nSPS) is 26.4. The van der Waals surface area contributed by atoms with E-state index in [2.05, 4.69) is 51.8 Å². The minimum atomic E-state index is 0.357. The molecule has 0 aromatic heterocycles. The van der Waals surface area contributed by atoms with Crippen LogP contribution >= 0.6 is 0 Å². The van der Waals surface area contributed by atoms with Gasteiger partial charge >= 0.3 is 0 Å². The summed E-state index contributed by atoms with van der Waals surface area (Å²) in [6.07, 6.45) is 6.46. The Balaban J connectivity index is 2.77. The molecule has 0 amide bonds. The first-order valence-electron chi connectivity index (χ1n) is 9.00. The van der Waals surface area contributed by atoms with Crippen LogP contribution in [0.3, 0.4) is 0 Å². The number of piperazine rings is 1. The Bertz CT molecular complexity index is 260. The van der Waals surface area contributed by atoms with Gasteiger partial charge in [-0.3, -0.25) is 4.90 Å². The van der Waals surface area contributed by atoms with Crippen molar-refractivity contribution in [2.75, 3.05) is 19.6 Å². The third-order valence-corrected chi connectivity index (χ3v) is 5.64. The second kappa shape index (κ2) is 8.38. The number of hydrogen-bond donors (Lipinski definition) is 1. The summed E-state index contributed by atoms with van der Waals surface area (Å²) in [6.45, 7) is 17.9. The van der Waals surface area contributed by atoms with Crippen LogP contribution in [0.1, 0.15) is 73.6 Å². The van der Waals surface area contributed by atoms with Crippen molar-refractivity contribution in [3.8, 4) is 0 Å². The van der Waals surface area contributed by atoms with E-state index >= 15 is 0 Å². The molecule has 0 aliphatic carbocycles. The first-order chi connectivity index (χ1) is 9.51. The maximum absolute atomic E-state index is 3.89. The Hall–Kier alpha value is -0.0800. The van der Waals surface area contributed by atoms with E-state index < -0.39 is 0 Å². The van der Waals surface area contributed by atoms with Crippen molar-refractivity contribution in [3.05, 3.63) is 0 Å². The topological polar surface area (TPSA) is 15.3 Å². The maximum atomic E-state index is 3.89. The Morgan fingerprint density at radius 1 is 1.15 bits per heavy atom. The van der Waals surface area contributed by atoms with Crippen LogP contribution in [0.5, 0.6) is 0 Å². The molecule has 1 rings (SSSR count). The predicted molar refractivity (Wildman–Crippen MR) is 90.2 cm³/mol. The Kier molecular flexibility index (Phi) is 7.53. The molecular formula is C18H38N2. The molecule has 0 radical (unpaired) electrons. The summed E-state index contributed by atoms with van der Waals surface area (Å²) in [5.41, 5.74) is 0.357. The smallest absolute Gasteiger partial charge is 0.0304 e. The largest absolute Gasteiger partial charge is 0.308 e. The summed E-state index contributed by atoms with van der Waals surface area (Å²) >= 11 is 0. The fraction of sp³-hybridized carbons (Fsp3) is 1.00. The Labute approximate surface area is 127 Å². The fourth-order valence-electron chi connectivity index (χ4n) is 3.75. The van der Waals surface area contributed by atoms with Crippen LogP contribution in [0.25, 0.3) is 0 Å². The van der Waals surface area contributed by atoms with Crippen LogP contribution in [-0.2, 0) is 0 Å². The molecule has 20 heavy (non-hydrogen) atoms. The molecular weight excluding hydrogens is 244 g/mol. The van der Waals surface area contributed by atoms with Gasteiger partial charge in [0, 0.05) is 31.2 Å². The monoisotopic (exact) mass is 282 g/mol. The molecule has 1 N–H and O–H groups in total. The molecule has 3 unspecified atom stereocenters. The molecule has 1 saturated heterocycles. The highest BCUT2D eigenvalue weighted by molar-refractivity contribution is 4.98. The van der Waals surface area contributed by atoms with E-state index in [-0.39, 0.29) is 0 Å². The summed E-state index contributed by atoms with van der Waals surface area (Å²) in [5, 5.41) is 3.89. The van der Waals surface area contributed by atoms with Gasteiger partial charge in [0.05, 0.1) is 0 Å². The molecule has 120 valence electrons. The van der Waals surface area contributed by atoms with Gasteiger partial charge in [0.25, 0.3) is 0 Å². The van der Waals surface area contributed by atoms with Crippen LogP contribution < -0.4 is 5.32 Å². The second-order valence-electron chi connectivity index (χ2n) is 7.14.